The van der Waals surface area contributed by atoms with Crippen LogP contribution in [0.4, 0.5) is 5.69 Å². The van der Waals surface area contributed by atoms with Crippen LogP contribution in [0.5, 0.6) is 0 Å². The number of rotatable bonds is 11. The highest BCUT2D eigenvalue weighted by molar-refractivity contribution is 5.94. The number of guanidine groups is 1. The number of unbranched alkanes of at least 4 members (excludes halogenated alkanes) is 1. The van der Waals surface area contributed by atoms with Crippen molar-refractivity contribution < 1.29 is 4.79 Å². The number of amides is 1. The fourth-order valence-electron chi connectivity index (χ4n) is 3.25. The van der Waals surface area contributed by atoms with Crippen molar-refractivity contribution >= 4 is 17.6 Å². The van der Waals surface area contributed by atoms with E-state index in [4.69, 9.17) is 4.99 Å². The summed E-state index contributed by atoms with van der Waals surface area (Å²) < 4.78 is 0. The van der Waals surface area contributed by atoms with Crippen molar-refractivity contribution in [2.75, 3.05) is 52.2 Å². The lowest BCUT2D eigenvalue weighted by Crippen LogP contribution is -2.38. The maximum Gasteiger partial charge on any atom is 0.253 e. The van der Waals surface area contributed by atoms with E-state index in [1.54, 1.807) is 19.0 Å². The van der Waals surface area contributed by atoms with Gasteiger partial charge >= 0.3 is 0 Å². The summed E-state index contributed by atoms with van der Waals surface area (Å²) in [6.07, 6.45) is 2.98. The molecule has 2 aromatic rings. The Balaban J connectivity index is 1.75. The number of anilines is 1. The maximum absolute atomic E-state index is 12.1. The third kappa shape index (κ3) is 8.70. The third-order valence-electron chi connectivity index (χ3n) is 5.00. The molecule has 0 fully saturated rings. The van der Waals surface area contributed by atoms with E-state index >= 15 is 0 Å². The average Bonchev–Trinajstić information content (AvgIpc) is 2.78. The highest BCUT2D eigenvalue weighted by atomic mass is 16.2. The molecule has 6 nitrogen and oxygen atoms in total. The minimum atomic E-state index is 0.0302. The second-order valence-corrected chi connectivity index (χ2v) is 7.80. The number of nitrogens with one attached hydrogen (secondary N) is 2. The number of hydrogen-bond donors (Lipinski definition) is 2. The van der Waals surface area contributed by atoms with E-state index in [0.717, 1.165) is 62.5 Å². The van der Waals surface area contributed by atoms with E-state index in [9.17, 15) is 4.79 Å². The van der Waals surface area contributed by atoms with E-state index in [-0.39, 0.29) is 5.91 Å². The molecule has 0 bridgehead atoms. The molecule has 0 aliphatic heterocycles. The molecule has 0 unspecified atom stereocenters. The Labute approximate surface area is 187 Å². The standard InChI is InChI=1S/C25H37N5O/c1-5-26-25(27-17-9-10-19-30(4)23-14-7-6-8-15-23)28-18-16-21-12-11-13-22(20-21)24(31)29(2)3/h6-8,11-15,20H,5,9-10,16-19H2,1-4H3,(H2,26,27,28). The van der Waals surface area contributed by atoms with Crippen LogP contribution in [0, 0.1) is 0 Å². The van der Waals surface area contributed by atoms with Crippen LogP contribution in [-0.4, -0.2) is 64.1 Å². The predicted octanol–water partition coefficient (Wildman–Crippen LogP) is 3.40. The van der Waals surface area contributed by atoms with Crippen molar-refractivity contribution in [3.63, 3.8) is 0 Å². The van der Waals surface area contributed by atoms with Crippen molar-refractivity contribution in [1.82, 2.24) is 15.5 Å². The molecule has 0 heterocycles. The molecule has 0 aromatic heterocycles. The number of para-hydroxylation sites is 1. The van der Waals surface area contributed by atoms with Crippen LogP contribution in [0.25, 0.3) is 0 Å². The quantitative estimate of drug-likeness (QED) is 0.330. The van der Waals surface area contributed by atoms with Gasteiger partial charge in [-0.1, -0.05) is 30.3 Å². The number of benzene rings is 2. The molecule has 0 aliphatic rings. The lowest BCUT2D eigenvalue weighted by molar-refractivity contribution is 0.0827. The molecule has 6 heteroatoms. The summed E-state index contributed by atoms with van der Waals surface area (Å²) in [5.74, 6) is 0.877. The monoisotopic (exact) mass is 423 g/mol. The number of nitrogens with zero attached hydrogens (tertiary/aromatic N) is 3. The molecular formula is C25H37N5O. The molecule has 2 N–H and O–H groups in total. The summed E-state index contributed by atoms with van der Waals surface area (Å²) in [4.78, 5) is 20.7. The van der Waals surface area contributed by atoms with Gasteiger partial charge in [-0.15, -0.1) is 0 Å². The minimum absolute atomic E-state index is 0.0302. The molecule has 2 rings (SSSR count). The van der Waals surface area contributed by atoms with E-state index in [1.807, 2.05) is 24.3 Å². The Hall–Kier alpha value is -3.02. The van der Waals surface area contributed by atoms with Crippen molar-refractivity contribution in [2.24, 2.45) is 4.99 Å². The molecule has 0 radical (unpaired) electrons. The Morgan fingerprint density at radius 1 is 0.968 bits per heavy atom. The van der Waals surface area contributed by atoms with Gasteiger partial charge in [-0.2, -0.15) is 0 Å². The Bertz CT molecular complexity index is 820. The first kappa shape index (κ1) is 24.3. The first-order chi connectivity index (χ1) is 15.0. The lowest BCUT2D eigenvalue weighted by Gasteiger charge is -2.18. The van der Waals surface area contributed by atoms with E-state index in [0.29, 0.717) is 0 Å². The van der Waals surface area contributed by atoms with Crippen molar-refractivity contribution in [2.45, 2.75) is 26.2 Å². The lowest BCUT2D eigenvalue weighted by atomic mass is 10.1. The number of carbonyl (C=O) groups is 1. The van der Waals surface area contributed by atoms with Crippen LogP contribution in [0.3, 0.4) is 0 Å². The van der Waals surface area contributed by atoms with Crippen LogP contribution < -0.4 is 15.5 Å². The number of hydrogen-bond acceptors (Lipinski definition) is 3. The first-order valence-electron chi connectivity index (χ1n) is 11.1. The van der Waals surface area contributed by atoms with Gasteiger partial charge in [0.1, 0.15) is 0 Å². The molecule has 0 saturated carbocycles. The van der Waals surface area contributed by atoms with Gasteiger partial charge in [0.25, 0.3) is 5.91 Å². The van der Waals surface area contributed by atoms with Crippen LogP contribution in [-0.2, 0) is 6.42 Å². The average molecular weight is 424 g/mol. The van der Waals surface area contributed by atoms with Crippen LogP contribution >= 0.6 is 0 Å². The highest BCUT2D eigenvalue weighted by Crippen LogP contribution is 2.11. The van der Waals surface area contributed by atoms with Gasteiger partial charge in [0.05, 0.1) is 0 Å². The summed E-state index contributed by atoms with van der Waals surface area (Å²) in [5, 5.41) is 6.71. The second kappa shape index (κ2) is 13.3. The zero-order chi connectivity index (χ0) is 22.5. The van der Waals surface area contributed by atoms with E-state index < -0.39 is 0 Å². The summed E-state index contributed by atoms with van der Waals surface area (Å²) in [6, 6.07) is 18.3. The molecule has 1 amide bonds. The fourth-order valence-corrected chi connectivity index (χ4v) is 3.25. The van der Waals surface area contributed by atoms with Crippen LogP contribution in [0.15, 0.2) is 59.6 Å². The van der Waals surface area contributed by atoms with Gasteiger partial charge < -0.3 is 20.4 Å². The molecule has 0 spiro atoms. The Morgan fingerprint density at radius 3 is 2.45 bits per heavy atom. The summed E-state index contributed by atoms with van der Waals surface area (Å²) in [5.41, 5.74) is 3.11. The highest BCUT2D eigenvalue weighted by Gasteiger charge is 2.08. The van der Waals surface area contributed by atoms with E-state index in [1.165, 1.54) is 5.69 Å². The molecule has 0 aliphatic carbocycles. The third-order valence-corrected chi connectivity index (χ3v) is 5.00. The Morgan fingerprint density at radius 2 is 1.74 bits per heavy atom. The summed E-state index contributed by atoms with van der Waals surface area (Å²) in [7, 11) is 5.68. The van der Waals surface area contributed by atoms with Gasteiger partial charge in [0, 0.05) is 58.6 Å². The largest absolute Gasteiger partial charge is 0.375 e. The number of carbonyl (C=O) groups excluding carboxylic acids is 1. The van der Waals surface area contributed by atoms with Gasteiger partial charge in [-0.25, -0.2) is 0 Å². The van der Waals surface area contributed by atoms with Crippen molar-refractivity contribution in [3.8, 4) is 0 Å². The van der Waals surface area contributed by atoms with Crippen LogP contribution in [0.1, 0.15) is 35.7 Å². The van der Waals surface area contributed by atoms with Crippen molar-refractivity contribution in [1.29, 1.82) is 0 Å². The molecular weight excluding hydrogens is 386 g/mol. The van der Waals surface area contributed by atoms with Crippen molar-refractivity contribution in [3.05, 3.63) is 65.7 Å². The SMILES string of the molecule is CCNC(=NCCCCN(C)c1ccccc1)NCCc1cccc(C(=O)N(C)C)c1. The van der Waals surface area contributed by atoms with Gasteiger partial charge in [-0.05, 0) is 56.0 Å². The van der Waals surface area contributed by atoms with Gasteiger partial charge in [0.2, 0.25) is 0 Å². The molecule has 2 aromatic carbocycles. The summed E-state index contributed by atoms with van der Waals surface area (Å²) in [6.45, 7) is 5.48. The molecule has 0 saturated heterocycles. The number of aliphatic imine (C=N–C) groups is 1. The summed E-state index contributed by atoms with van der Waals surface area (Å²) >= 11 is 0. The molecule has 31 heavy (non-hydrogen) atoms. The molecule has 168 valence electrons. The first-order valence-corrected chi connectivity index (χ1v) is 11.1. The zero-order valence-corrected chi connectivity index (χ0v) is 19.4. The van der Waals surface area contributed by atoms with Gasteiger partial charge in [-0.3, -0.25) is 9.79 Å². The zero-order valence-electron chi connectivity index (χ0n) is 19.4. The van der Waals surface area contributed by atoms with Crippen LogP contribution in [0.2, 0.25) is 0 Å². The van der Waals surface area contributed by atoms with Gasteiger partial charge in [0.15, 0.2) is 5.96 Å². The molecule has 0 atom stereocenters. The normalized spacial score (nSPS) is 11.2. The maximum atomic E-state index is 12.1. The predicted molar refractivity (Wildman–Crippen MR) is 131 cm³/mol. The smallest absolute Gasteiger partial charge is 0.253 e. The minimum Gasteiger partial charge on any atom is -0.375 e. The Kier molecular flexibility index (Phi) is 10.4. The second-order valence-electron chi connectivity index (χ2n) is 7.80. The topological polar surface area (TPSA) is 60.0 Å². The van der Waals surface area contributed by atoms with E-state index in [2.05, 4.69) is 59.8 Å². The fraction of sp³-hybridized carbons (Fsp3) is 0.440.